The van der Waals surface area contributed by atoms with E-state index in [-0.39, 0.29) is 17.4 Å². The normalized spacial score (nSPS) is 11.4. The van der Waals surface area contributed by atoms with Crippen LogP contribution in [0.15, 0.2) is 16.0 Å². The molecule has 7 heteroatoms. The second-order valence-corrected chi connectivity index (χ2v) is 5.57. The molecule has 102 valence electrons. The first-order valence-electron chi connectivity index (χ1n) is 5.93. The maximum Gasteiger partial charge on any atom is 0.278 e. The van der Waals surface area contributed by atoms with E-state index in [1.54, 1.807) is 4.57 Å². The number of fused-ring (bicyclic) bond motifs is 1. The van der Waals surface area contributed by atoms with Crippen LogP contribution in [-0.2, 0) is 4.79 Å². The molecular formula is C12H16N4O2S. The van der Waals surface area contributed by atoms with Gasteiger partial charge >= 0.3 is 0 Å². The minimum absolute atomic E-state index is 0.0385. The molecule has 2 rings (SSSR count). The fourth-order valence-electron chi connectivity index (χ4n) is 1.88. The smallest absolute Gasteiger partial charge is 0.278 e. The molecule has 0 aliphatic heterocycles. The Labute approximate surface area is 114 Å². The summed E-state index contributed by atoms with van der Waals surface area (Å²) in [6.07, 6.45) is 0. The van der Waals surface area contributed by atoms with Crippen LogP contribution < -0.4 is 11.3 Å². The number of nitrogens with one attached hydrogen (secondary N) is 1. The van der Waals surface area contributed by atoms with Crippen molar-refractivity contribution in [1.82, 2.24) is 14.5 Å². The van der Waals surface area contributed by atoms with Crippen molar-refractivity contribution in [2.45, 2.75) is 32.0 Å². The fourth-order valence-corrected chi connectivity index (χ4v) is 2.75. The number of hydrogen-bond donors (Lipinski definition) is 2. The summed E-state index contributed by atoms with van der Waals surface area (Å²) in [7, 11) is 0. The molecular weight excluding hydrogens is 264 g/mol. The summed E-state index contributed by atoms with van der Waals surface area (Å²) in [6, 6.07) is 1.78. The van der Waals surface area contributed by atoms with E-state index in [0.29, 0.717) is 16.2 Å². The van der Waals surface area contributed by atoms with Crippen molar-refractivity contribution >= 4 is 28.7 Å². The molecule has 0 unspecified atom stereocenters. The number of nitrogens with zero attached hydrogens (tertiary/aromatic N) is 2. The van der Waals surface area contributed by atoms with Crippen LogP contribution in [-0.4, -0.2) is 26.2 Å². The van der Waals surface area contributed by atoms with Crippen molar-refractivity contribution in [3.63, 3.8) is 0 Å². The Hall–Kier alpha value is -1.76. The first kappa shape index (κ1) is 13.7. The van der Waals surface area contributed by atoms with Crippen molar-refractivity contribution in [1.29, 1.82) is 0 Å². The zero-order valence-electron chi connectivity index (χ0n) is 11.1. The second kappa shape index (κ2) is 5.08. The van der Waals surface area contributed by atoms with Crippen LogP contribution in [0.4, 0.5) is 0 Å². The number of rotatable bonds is 4. The van der Waals surface area contributed by atoms with Gasteiger partial charge in [0.2, 0.25) is 5.91 Å². The predicted octanol–water partition coefficient (Wildman–Crippen LogP) is 1.19. The van der Waals surface area contributed by atoms with Crippen molar-refractivity contribution in [2.24, 2.45) is 5.73 Å². The molecule has 0 atom stereocenters. The van der Waals surface area contributed by atoms with E-state index in [0.717, 1.165) is 5.69 Å². The number of nitrogens with two attached hydrogens (primary N) is 1. The van der Waals surface area contributed by atoms with Gasteiger partial charge in [0.15, 0.2) is 5.16 Å². The molecule has 2 heterocycles. The lowest BCUT2D eigenvalue weighted by Gasteiger charge is -2.14. The Bertz CT molecular complexity index is 687. The maximum absolute atomic E-state index is 12.4. The van der Waals surface area contributed by atoms with Gasteiger partial charge in [-0.1, -0.05) is 11.8 Å². The summed E-state index contributed by atoms with van der Waals surface area (Å²) >= 11 is 1.19. The average Bonchev–Trinajstić information content (AvgIpc) is 2.66. The third kappa shape index (κ3) is 2.65. The Morgan fingerprint density at radius 2 is 2.26 bits per heavy atom. The Morgan fingerprint density at radius 3 is 2.84 bits per heavy atom. The molecule has 0 radical (unpaired) electrons. The summed E-state index contributed by atoms with van der Waals surface area (Å²) < 4.78 is 1.58. The van der Waals surface area contributed by atoms with Crippen LogP contribution in [0.25, 0.3) is 11.0 Å². The highest BCUT2D eigenvalue weighted by atomic mass is 32.2. The second-order valence-electron chi connectivity index (χ2n) is 4.63. The van der Waals surface area contributed by atoms with Crippen molar-refractivity contribution in [2.75, 3.05) is 5.75 Å². The highest BCUT2D eigenvalue weighted by molar-refractivity contribution is 7.99. The molecule has 2 aromatic rings. The molecule has 6 nitrogen and oxygen atoms in total. The average molecular weight is 280 g/mol. The molecule has 0 aromatic carbocycles. The number of carbonyl (C=O) groups is 1. The van der Waals surface area contributed by atoms with Crippen molar-refractivity contribution < 1.29 is 4.79 Å². The predicted molar refractivity (Wildman–Crippen MR) is 75.4 cm³/mol. The summed E-state index contributed by atoms with van der Waals surface area (Å²) in [4.78, 5) is 30.8. The van der Waals surface area contributed by atoms with Crippen LogP contribution >= 0.6 is 11.8 Å². The molecule has 0 spiro atoms. The van der Waals surface area contributed by atoms with Crippen LogP contribution in [0.2, 0.25) is 0 Å². The third-order valence-corrected chi connectivity index (χ3v) is 3.62. The van der Waals surface area contributed by atoms with Gasteiger partial charge < -0.3 is 10.7 Å². The molecule has 3 N–H and O–H groups in total. The Kier molecular flexibility index (Phi) is 3.66. The maximum atomic E-state index is 12.4. The van der Waals surface area contributed by atoms with E-state index in [1.807, 2.05) is 26.8 Å². The molecule has 1 amide bonds. The molecule has 0 aliphatic carbocycles. The lowest BCUT2D eigenvalue weighted by atomic mass is 10.3. The topological polar surface area (TPSA) is 93.8 Å². The first-order valence-corrected chi connectivity index (χ1v) is 6.91. The standard InChI is InChI=1S/C12H16N4O2S/c1-6(2)16-11(18)10-8(4-7(3)14-10)15-12(16)19-5-9(13)17/h4,6,14H,5H2,1-3H3,(H2,13,17). The number of aromatic amines is 1. The molecule has 0 fully saturated rings. The van der Waals surface area contributed by atoms with Crippen molar-refractivity contribution in [3.05, 3.63) is 22.1 Å². The third-order valence-electron chi connectivity index (χ3n) is 2.65. The largest absolute Gasteiger partial charge is 0.369 e. The van der Waals surface area contributed by atoms with Gasteiger partial charge in [-0.25, -0.2) is 4.98 Å². The summed E-state index contributed by atoms with van der Waals surface area (Å²) in [6.45, 7) is 5.68. The van der Waals surface area contributed by atoms with Gasteiger partial charge in [-0.3, -0.25) is 14.2 Å². The number of carbonyl (C=O) groups excluding carboxylic acids is 1. The number of amides is 1. The Morgan fingerprint density at radius 1 is 1.58 bits per heavy atom. The summed E-state index contributed by atoms with van der Waals surface area (Å²) in [5.74, 6) is -0.325. The minimum atomic E-state index is -0.431. The van der Waals surface area contributed by atoms with Gasteiger partial charge in [-0.15, -0.1) is 0 Å². The van der Waals surface area contributed by atoms with E-state index in [4.69, 9.17) is 5.73 Å². The quantitative estimate of drug-likeness (QED) is 0.650. The van der Waals surface area contributed by atoms with Crippen LogP contribution in [0.5, 0.6) is 0 Å². The highest BCUT2D eigenvalue weighted by Crippen LogP contribution is 2.20. The first-order chi connectivity index (χ1) is 8.90. The molecule has 0 bridgehead atoms. The van der Waals surface area contributed by atoms with Gasteiger partial charge in [-0.2, -0.15) is 0 Å². The number of aromatic nitrogens is 3. The molecule has 0 saturated heterocycles. The summed E-state index contributed by atoms with van der Waals surface area (Å²) in [5.41, 5.74) is 7.01. The van der Waals surface area contributed by atoms with Gasteiger partial charge in [0.25, 0.3) is 5.56 Å². The van der Waals surface area contributed by atoms with Crippen LogP contribution in [0.3, 0.4) is 0 Å². The van der Waals surface area contributed by atoms with Gasteiger partial charge in [-0.05, 0) is 26.8 Å². The van der Waals surface area contributed by atoms with E-state index in [1.165, 1.54) is 11.8 Å². The Balaban J connectivity index is 2.62. The monoisotopic (exact) mass is 280 g/mol. The lowest BCUT2D eigenvalue weighted by Crippen LogP contribution is -2.25. The minimum Gasteiger partial charge on any atom is -0.369 e. The van der Waals surface area contributed by atoms with Crippen LogP contribution in [0, 0.1) is 6.92 Å². The van der Waals surface area contributed by atoms with E-state index >= 15 is 0 Å². The number of H-pyrrole nitrogens is 1. The molecule has 2 aromatic heterocycles. The van der Waals surface area contributed by atoms with Crippen LogP contribution in [0.1, 0.15) is 25.6 Å². The molecule has 19 heavy (non-hydrogen) atoms. The van der Waals surface area contributed by atoms with Gasteiger partial charge in [0, 0.05) is 11.7 Å². The number of aryl methyl sites for hydroxylation is 1. The number of primary amides is 1. The van der Waals surface area contributed by atoms with Crippen molar-refractivity contribution in [3.8, 4) is 0 Å². The van der Waals surface area contributed by atoms with E-state index in [2.05, 4.69) is 9.97 Å². The highest BCUT2D eigenvalue weighted by Gasteiger charge is 2.15. The SMILES string of the molecule is Cc1cc2nc(SCC(N)=O)n(C(C)C)c(=O)c2[nH]1. The van der Waals surface area contributed by atoms with E-state index < -0.39 is 5.91 Å². The molecule has 0 aliphatic rings. The number of hydrogen-bond acceptors (Lipinski definition) is 4. The van der Waals surface area contributed by atoms with E-state index in [9.17, 15) is 9.59 Å². The fraction of sp³-hybridized carbons (Fsp3) is 0.417. The zero-order chi connectivity index (χ0) is 14.2. The lowest BCUT2D eigenvalue weighted by molar-refractivity contribution is -0.115. The summed E-state index contributed by atoms with van der Waals surface area (Å²) in [5, 5.41) is 0.519. The number of thioether (sulfide) groups is 1. The van der Waals surface area contributed by atoms with Gasteiger partial charge in [0.1, 0.15) is 5.52 Å². The van der Waals surface area contributed by atoms with Gasteiger partial charge in [0.05, 0.1) is 11.3 Å². The molecule has 0 saturated carbocycles. The zero-order valence-corrected chi connectivity index (χ0v) is 11.9.